The van der Waals surface area contributed by atoms with Gasteiger partial charge < -0.3 is 15.5 Å². The number of likely N-dealkylation sites (tertiary alicyclic amines) is 1. The van der Waals surface area contributed by atoms with E-state index in [4.69, 9.17) is 5.73 Å². The maximum absolute atomic E-state index is 12.3. The highest BCUT2D eigenvalue weighted by atomic mass is 16.2. The normalized spacial score (nSPS) is 20.1. The predicted molar refractivity (Wildman–Crippen MR) is 78.4 cm³/mol. The second-order valence-electron chi connectivity index (χ2n) is 5.60. The van der Waals surface area contributed by atoms with Crippen LogP contribution in [0.4, 0.5) is 0 Å². The number of piperidine rings is 1. The van der Waals surface area contributed by atoms with Gasteiger partial charge in [0.1, 0.15) is 6.04 Å². The monoisotopic (exact) mass is 293 g/mol. The molecule has 0 aromatic carbocycles. The number of nitrogens with two attached hydrogens (primary N) is 1. The lowest BCUT2D eigenvalue weighted by atomic mass is 10.1. The molecule has 0 spiro atoms. The Kier molecular flexibility index (Phi) is 4.95. The van der Waals surface area contributed by atoms with E-state index in [0.29, 0.717) is 6.54 Å². The first-order valence-electron chi connectivity index (χ1n) is 7.26. The summed E-state index contributed by atoms with van der Waals surface area (Å²) in [6.07, 6.45) is 5.25. The molecule has 0 bridgehead atoms. The molecule has 1 fully saturated rings. The highest BCUT2D eigenvalue weighted by Crippen LogP contribution is 2.11. The Morgan fingerprint density at radius 3 is 2.90 bits per heavy atom. The van der Waals surface area contributed by atoms with Gasteiger partial charge in [-0.25, -0.2) is 0 Å². The van der Waals surface area contributed by atoms with Crippen LogP contribution in [-0.4, -0.2) is 64.1 Å². The van der Waals surface area contributed by atoms with Crippen LogP contribution in [0.3, 0.4) is 0 Å². The fourth-order valence-electron chi connectivity index (χ4n) is 2.56. The van der Waals surface area contributed by atoms with Crippen molar-refractivity contribution in [2.24, 2.45) is 5.73 Å². The number of nitrogens with zero attached hydrogens (tertiary/aromatic N) is 4. The average molecular weight is 293 g/mol. The molecule has 116 valence electrons. The van der Waals surface area contributed by atoms with Gasteiger partial charge in [-0.3, -0.25) is 14.3 Å². The Hall–Kier alpha value is -1.89. The number of aromatic nitrogens is 2. The van der Waals surface area contributed by atoms with E-state index in [-0.39, 0.29) is 24.4 Å². The highest BCUT2D eigenvalue weighted by molar-refractivity contribution is 5.86. The van der Waals surface area contributed by atoms with Crippen molar-refractivity contribution in [2.45, 2.75) is 31.8 Å². The molecular weight excluding hydrogens is 270 g/mol. The zero-order valence-corrected chi connectivity index (χ0v) is 12.6. The summed E-state index contributed by atoms with van der Waals surface area (Å²) in [7, 11) is 1.64. The summed E-state index contributed by atoms with van der Waals surface area (Å²) in [5.74, 6) is -0.179. The van der Waals surface area contributed by atoms with E-state index in [1.165, 1.54) is 4.90 Å². The lowest BCUT2D eigenvalue weighted by molar-refractivity contribution is -0.141. The summed E-state index contributed by atoms with van der Waals surface area (Å²) in [6, 6.07) is 1.40. The summed E-state index contributed by atoms with van der Waals surface area (Å²) in [5, 5.41) is 4.06. The van der Waals surface area contributed by atoms with Crippen molar-refractivity contribution in [3.8, 4) is 0 Å². The van der Waals surface area contributed by atoms with Crippen molar-refractivity contribution in [2.75, 3.05) is 26.7 Å². The molecule has 0 aliphatic carbocycles. The van der Waals surface area contributed by atoms with Crippen LogP contribution in [0.15, 0.2) is 18.5 Å². The number of carbonyl (C=O) groups is 2. The fraction of sp³-hybridized carbons (Fsp3) is 0.643. The summed E-state index contributed by atoms with van der Waals surface area (Å²) in [4.78, 5) is 27.7. The summed E-state index contributed by atoms with van der Waals surface area (Å²) < 4.78 is 1.58. The lowest BCUT2D eigenvalue weighted by Gasteiger charge is -2.32. The minimum absolute atomic E-state index is 0.0475. The van der Waals surface area contributed by atoms with Crippen LogP contribution in [0.1, 0.15) is 25.8 Å². The van der Waals surface area contributed by atoms with Crippen molar-refractivity contribution in [3.05, 3.63) is 18.5 Å². The summed E-state index contributed by atoms with van der Waals surface area (Å²) >= 11 is 0. The maximum Gasteiger partial charge on any atom is 0.247 e. The summed E-state index contributed by atoms with van der Waals surface area (Å²) in [6.45, 7) is 3.16. The molecule has 2 unspecified atom stereocenters. The topological polar surface area (TPSA) is 84.5 Å². The van der Waals surface area contributed by atoms with Gasteiger partial charge in [0.25, 0.3) is 0 Å². The van der Waals surface area contributed by atoms with Crippen molar-refractivity contribution >= 4 is 11.8 Å². The van der Waals surface area contributed by atoms with Gasteiger partial charge in [-0.1, -0.05) is 0 Å². The quantitative estimate of drug-likeness (QED) is 0.837. The Morgan fingerprint density at radius 1 is 1.52 bits per heavy atom. The Labute approximate surface area is 124 Å². The van der Waals surface area contributed by atoms with E-state index in [1.807, 2.05) is 0 Å². The van der Waals surface area contributed by atoms with Gasteiger partial charge in [0, 0.05) is 38.6 Å². The number of carbonyl (C=O) groups excluding carboxylic acids is 2. The molecule has 0 saturated carbocycles. The van der Waals surface area contributed by atoms with Crippen LogP contribution in [0.2, 0.25) is 0 Å². The van der Waals surface area contributed by atoms with Crippen molar-refractivity contribution < 1.29 is 9.59 Å². The van der Waals surface area contributed by atoms with Gasteiger partial charge in [-0.05, 0) is 25.8 Å². The van der Waals surface area contributed by atoms with Gasteiger partial charge in [-0.15, -0.1) is 0 Å². The number of hydrogen-bond donors (Lipinski definition) is 1. The molecule has 0 radical (unpaired) electrons. The van der Waals surface area contributed by atoms with Crippen LogP contribution in [0.5, 0.6) is 0 Å². The SMILES string of the molecule is CC(C(=O)N(C)CC(=O)N1CCCC(N)C1)n1cccn1. The van der Waals surface area contributed by atoms with Crippen LogP contribution >= 0.6 is 0 Å². The van der Waals surface area contributed by atoms with E-state index < -0.39 is 6.04 Å². The molecule has 2 N–H and O–H groups in total. The van der Waals surface area contributed by atoms with Crippen LogP contribution in [0.25, 0.3) is 0 Å². The maximum atomic E-state index is 12.3. The first kappa shape index (κ1) is 15.5. The third-order valence-corrected chi connectivity index (χ3v) is 3.84. The summed E-state index contributed by atoms with van der Waals surface area (Å²) in [5.41, 5.74) is 5.88. The molecule has 2 heterocycles. The molecule has 21 heavy (non-hydrogen) atoms. The fourth-order valence-corrected chi connectivity index (χ4v) is 2.56. The smallest absolute Gasteiger partial charge is 0.247 e. The molecule has 2 atom stereocenters. The van der Waals surface area contributed by atoms with E-state index in [0.717, 1.165) is 19.4 Å². The Bertz CT molecular complexity index is 488. The van der Waals surface area contributed by atoms with Crippen LogP contribution in [0, 0.1) is 0 Å². The molecule has 7 heteroatoms. The molecule has 1 aromatic rings. The zero-order valence-electron chi connectivity index (χ0n) is 12.6. The first-order valence-corrected chi connectivity index (χ1v) is 7.26. The van der Waals surface area contributed by atoms with Gasteiger partial charge in [0.2, 0.25) is 11.8 Å². The third kappa shape index (κ3) is 3.81. The van der Waals surface area contributed by atoms with Crippen molar-refractivity contribution in [3.63, 3.8) is 0 Å². The molecule has 2 amide bonds. The minimum atomic E-state index is -0.415. The minimum Gasteiger partial charge on any atom is -0.340 e. The number of amides is 2. The molecule has 1 aromatic heterocycles. The van der Waals surface area contributed by atoms with Gasteiger partial charge in [0.05, 0.1) is 6.54 Å². The van der Waals surface area contributed by atoms with Crippen LogP contribution in [-0.2, 0) is 9.59 Å². The largest absolute Gasteiger partial charge is 0.340 e. The lowest BCUT2D eigenvalue weighted by Crippen LogP contribution is -2.49. The Balaban J connectivity index is 1.89. The third-order valence-electron chi connectivity index (χ3n) is 3.84. The van der Waals surface area contributed by atoms with Crippen molar-refractivity contribution in [1.82, 2.24) is 19.6 Å². The number of likely N-dealkylation sites (N-methyl/N-ethyl adjacent to an activating group) is 1. The average Bonchev–Trinajstić information content (AvgIpc) is 2.99. The second-order valence-corrected chi connectivity index (χ2v) is 5.60. The second kappa shape index (κ2) is 6.71. The molecule has 2 rings (SSSR count). The van der Waals surface area contributed by atoms with Gasteiger partial charge in [0.15, 0.2) is 0 Å². The molecular formula is C14H23N5O2. The highest BCUT2D eigenvalue weighted by Gasteiger charge is 2.25. The molecule has 1 aliphatic heterocycles. The molecule has 1 aliphatic rings. The van der Waals surface area contributed by atoms with Crippen LogP contribution < -0.4 is 5.73 Å². The number of rotatable bonds is 4. The van der Waals surface area contributed by atoms with E-state index >= 15 is 0 Å². The number of hydrogen-bond acceptors (Lipinski definition) is 4. The molecule has 7 nitrogen and oxygen atoms in total. The molecule has 1 saturated heterocycles. The first-order chi connectivity index (χ1) is 9.99. The van der Waals surface area contributed by atoms with Gasteiger partial charge in [-0.2, -0.15) is 5.10 Å². The zero-order chi connectivity index (χ0) is 15.4. The van der Waals surface area contributed by atoms with E-state index in [9.17, 15) is 9.59 Å². The van der Waals surface area contributed by atoms with Crippen molar-refractivity contribution in [1.29, 1.82) is 0 Å². The standard InChI is InChI=1S/C14H23N5O2/c1-11(19-8-4-6-16-19)14(21)17(2)10-13(20)18-7-3-5-12(15)9-18/h4,6,8,11-12H,3,5,7,9-10,15H2,1-2H3. The van der Waals surface area contributed by atoms with E-state index in [2.05, 4.69) is 5.10 Å². The van der Waals surface area contributed by atoms with E-state index in [1.54, 1.807) is 42.0 Å². The van der Waals surface area contributed by atoms with Gasteiger partial charge >= 0.3 is 0 Å². The predicted octanol–water partition coefficient (Wildman–Crippen LogP) is -0.148. The Morgan fingerprint density at radius 2 is 2.29 bits per heavy atom.